The summed E-state index contributed by atoms with van der Waals surface area (Å²) in [6.45, 7) is 2.62. The van der Waals surface area contributed by atoms with E-state index >= 15 is 0 Å². The number of hydrogen-bond donors (Lipinski definition) is 1. The van der Waals surface area contributed by atoms with E-state index in [1.807, 2.05) is 0 Å². The lowest BCUT2D eigenvalue weighted by Crippen LogP contribution is -2.32. The Kier molecular flexibility index (Phi) is 3.89. The van der Waals surface area contributed by atoms with Gasteiger partial charge in [-0.2, -0.15) is 0 Å². The molecule has 1 fully saturated rings. The van der Waals surface area contributed by atoms with Crippen molar-refractivity contribution in [2.45, 2.75) is 25.7 Å². The van der Waals surface area contributed by atoms with Gasteiger partial charge in [0.1, 0.15) is 0 Å². The van der Waals surface area contributed by atoms with Crippen LogP contribution in [0.25, 0.3) is 0 Å². The van der Waals surface area contributed by atoms with Gasteiger partial charge in [0.05, 0.1) is 0 Å². The molecule has 0 aromatic heterocycles. The number of nitrogens with zero attached hydrogens (tertiary/aromatic N) is 1. The van der Waals surface area contributed by atoms with Crippen LogP contribution in [0, 0.1) is 0 Å². The quantitative estimate of drug-likeness (QED) is 0.648. The number of rotatable bonds is 4. The van der Waals surface area contributed by atoms with Gasteiger partial charge in [0.2, 0.25) is 5.78 Å². The SMILES string of the molecule is O=C(O)C(=O)CCN1CCCCC1. The Morgan fingerprint density at radius 2 is 1.77 bits per heavy atom. The first-order valence-electron chi connectivity index (χ1n) is 4.68. The monoisotopic (exact) mass is 185 g/mol. The largest absolute Gasteiger partial charge is 0.476 e. The number of carboxylic acids is 1. The minimum atomic E-state index is -1.31. The molecule has 0 saturated carbocycles. The molecule has 1 saturated heterocycles. The Hall–Kier alpha value is -0.900. The molecule has 0 bridgehead atoms. The predicted molar refractivity (Wildman–Crippen MR) is 47.6 cm³/mol. The molecule has 74 valence electrons. The van der Waals surface area contributed by atoms with Crippen molar-refractivity contribution in [1.29, 1.82) is 0 Å². The van der Waals surface area contributed by atoms with Crippen molar-refractivity contribution >= 4 is 11.8 Å². The number of piperidine rings is 1. The summed E-state index contributed by atoms with van der Waals surface area (Å²) in [5, 5.41) is 8.34. The maximum atomic E-state index is 10.8. The maximum Gasteiger partial charge on any atom is 0.372 e. The van der Waals surface area contributed by atoms with E-state index in [4.69, 9.17) is 5.11 Å². The molecule has 0 amide bonds. The zero-order chi connectivity index (χ0) is 9.68. The van der Waals surface area contributed by atoms with Crippen LogP contribution in [0.15, 0.2) is 0 Å². The number of Topliss-reactive ketones (excluding diaryl/α,β-unsaturated/α-hetero) is 1. The second-order valence-corrected chi connectivity index (χ2v) is 3.38. The summed E-state index contributed by atoms with van der Waals surface area (Å²) >= 11 is 0. The molecule has 0 aliphatic carbocycles. The van der Waals surface area contributed by atoms with Gasteiger partial charge in [-0.05, 0) is 25.9 Å². The third-order valence-electron chi connectivity index (χ3n) is 2.34. The van der Waals surface area contributed by atoms with E-state index in [2.05, 4.69) is 4.90 Å². The first-order valence-corrected chi connectivity index (χ1v) is 4.68. The Bertz CT molecular complexity index is 197. The summed E-state index contributed by atoms with van der Waals surface area (Å²) in [6, 6.07) is 0. The third-order valence-corrected chi connectivity index (χ3v) is 2.34. The topological polar surface area (TPSA) is 57.6 Å². The molecular formula is C9H15NO3. The number of carbonyl (C=O) groups excluding carboxylic acids is 1. The lowest BCUT2D eigenvalue weighted by atomic mass is 10.1. The van der Waals surface area contributed by atoms with Crippen molar-refractivity contribution in [3.63, 3.8) is 0 Å². The molecule has 0 aromatic rings. The average molecular weight is 185 g/mol. The van der Waals surface area contributed by atoms with Gasteiger partial charge in [-0.25, -0.2) is 4.79 Å². The molecular weight excluding hydrogens is 170 g/mol. The van der Waals surface area contributed by atoms with E-state index in [1.54, 1.807) is 0 Å². The van der Waals surface area contributed by atoms with E-state index in [0.717, 1.165) is 13.1 Å². The van der Waals surface area contributed by atoms with E-state index in [0.29, 0.717) is 6.54 Å². The Morgan fingerprint density at radius 3 is 2.31 bits per heavy atom. The minimum absolute atomic E-state index is 0.148. The maximum absolute atomic E-state index is 10.8. The summed E-state index contributed by atoms with van der Waals surface area (Å²) in [5.74, 6) is -1.98. The van der Waals surface area contributed by atoms with Crippen molar-refractivity contribution < 1.29 is 14.7 Å². The Labute approximate surface area is 77.5 Å². The van der Waals surface area contributed by atoms with E-state index in [-0.39, 0.29) is 6.42 Å². The minimum Gasteiger partial charge on any atom is -0.476 e. The van der Waals surface area contributed by atoms with Gasteiger partial charge in [-0.3, -0.25) is 4.79 Å². The van der Waals surface area contributed by atoms with Crippen molar-refractivity contribution in [3.8, 4) is 0 Å². The fourth-order valence-electron chi connectivity index (χ4n) is 1.55. The molecule has 0 aromatic carbocycles. The molecule has 0 radical (unpaired) electrons. The van der Waals surface area contributed by atoms with E-state index in [9.17, 15) is 9.59 Å². The molecule has 1 rings (SSSR count). The van der Waals surface area contributed by atoms with Gasteiger partial charge >= 0.3 is 5.97 Å². The molecule has 0 atom stereocenters. The van der Waals surface area contributed by atoms with Crippen molar-refractivity contribution in [1.82, 2.24) is 4.90 Å². The standard InChI is InChI=1S/C9H15NO3/c11-8(9(12)13)4-7-10-5-2-1-3-6-10/h1-7H2,(H,12,13). The number of carbonyl (C=O) groups is 2. The summed E-state index contributed by atoms with van der Waals surface area (Å²) in [4.78, 5) is 23.1. The smallest absolute Gasteiger partial charge is 0.372 e. The second kappa shape index (κ2) is 4.97. The van der Waals surface area contributed by atoms with Crippen molar-refractivity contribution in [2.75, 3.05) is 19.6 Å². The summed E-state index contributed by atoms with van der Waals surface area (Å²) in [7, 11) is 0. The summed E-state index contributed by atoms with van der Waals surface area (Å²) < 4.78 is 0. The highest BCUT2D eigenvalue weighted by Gasteiger charge is 2.15. The average Bonchev–Trinajstić information content (AvgIpc) is 2.15. The van der Waals surface area contributed by atoms with Gasteiger partial charge in [-0.15, -0.1) is 0 Å². The van der Waals surface area contributed by atoms with Crippen LogP contribution < -0.4 is 0 Å². The zero-order valence-electron chi connectivity index (χ0n) is 7.66. The summed E-state index contributed by atoms with van der Waals surface area (Å²) in [5.41, 5.74) is 0. The van der Waals surface area contributed by atoms with Gasteiger partial charge in [0.25, 0.3) is 0 Å². The first kappa shape index (κ1) is 10.2. The number of aliphatic carboxylic acids is 1. The second-order valence-electron chi connectivity index (χ2n) is 3.38. The molecule has 13 heavy (non-hydrogen) atoms. The van der Waals surface area contributed by atoms with Gasteiger partial charge in [0.15, 0.2) is 0 Å². The molecule has 4 heteroatoms. The van der Waals surface area contributed by atoms with Crippen LogP contribution in [0.4, 0.5) is 0 Å². The number of ketones is 1. The highest BCUT2D eigenvalue weighted by molar-refractivity contribution is 6.32. The van der Waals surface area contributed by atoms with Gasteiger partial charge in [-0.1, -0.05) is 6.42 Å². The number of carboxylic acid groups (broad SMARTS) is 1. The fourth-order valence-corrected chi connectivity index (χ4v) is 1.55. The van der Waals surface area contributed by atoms with Crippen LogP contribution in [0.5, 0.6) is 0 Å². The first-order chi connectivity index (χ1) is 6.20. The van der Waals surface area contributed by atoms with Crippen LogP contribution in [-0.2, 0) is 9.59 Å². The molecule has 1 aliphatic rings. The molecule has 1 aliphatic heterocycles. The highest BCUT2D eigenvalue weighted by atomic mass is 16.4. The van der Waals surface area contributed by atoms with Crippen molar-refractivity contribution in [3.05, 3.63) is 0 Å². The predicted octanol–water partition coefficient (Wildman–Crippen LogP) is 0.516. The molecule has 0 spiro atoms. The Morgan fingerprint density at radius 1 is 1.15 bits per heavy atom. The van der Waals surface area contributed by atoms with Crippen LogP contribution in [0.2, 0.25) is 0 Å². The lowest BCUT2D eigenvalue weighted by molar-refractivity contribution is -0.149. The molecule has 4 nitrogen and oxygen atoms in total. The molecule has 0 unspecified atom stereocenters. The van der Waals surface area contributed by atoms with Crippen LogP contribution in [0.1, 0.15) is 25.7 Å². The fraction of sp³-hybridized carbons (Fsp3) is 0.778. The number of likely N-dealkylation sites (tertiary alicyclic amines) is 1. The van der Waals surface area contributed by atoms with Crippen LogP contribution in [-0.4, -0.2) is 41.4 Å². The molecule has 1 heterocycles. The normalized spacial score (nSPS) is 18.5. The lowest BCUT2D eigenvalue weighted by Gasteiger charge is -2.25. The van der Waals surface area contributed by atoms with Crippen molar-refractivity contribution in [2.24, 2.45) is 0 Å². The zero-order valence-corrected chi connectivity index (χ0v) is 7.66. The van der Waals surface area contributed by atoms with E-state index in [1.165, 1.54) is 19.3 Å². The Balaban J connectivity index is 2.17. The number of hydrogen-bond acceptors (Lipinski definition) is 3. The van der Waals surface area contributed by atoms with Crippen LogP contribution in [0.3, 0.4) is 0 Å². The highest BCUT2D eigenvalue weighted by Crippen LogP contribution is 2.08. The van der Waals surface area contributed by atoms with Gasteiger partial charge < -0.3 is 10.0 Å². The third kappa shape index (κ3) is 3.55. The summed E-state index contributed by atoms with van der Waals surface area (Å²) in [6.07, 6.45) is 3.74. The van der Waals surface area contributed by atoms with Gasteiger partial charge in [0, 0.05) is 13.0 Å². The van der Waals surface area contributed by atoms with Crippen LogP contribution >= 0.6 is 0 Å². The molecule has 1 N–H and O–H groups in total. The van der Waals surface area contributed by atoms with E-state index < -0.39 is 11.8 Å².